The molecule has 18 heavy (non-hydrogen) atoms. The lowest BCUT2D eigenvalue weighted by Crippen LogP contribution is -2.43. The molecule has 1 aliphatic rings. The van der Waals surface area contributed by atoms with E-state index in [9.17, 15) is 4.79 Å². The van der Waals surface area contributed by atoms with E-state index in [1.54, 1.807) is 0 Å². The highest BCUT2D eigenvalue weighted by molar-refractivity contribution is 5.89. The van der Waals surface area contributed by atoms with E-state index in [2.05, 4.69) is 17.1 Å². The zero-order chi connectivity index (χ0) is 13.1. The molecule has 0 bridgehead atoms. The number of piperidine rings is 1. The molecule has 5 nitrogen and oxygen atoms in total. The van der Waals surface area contributed by atoms with Gasteiger partial charge in [0.25, 0.3) is 0 Å². The van der Waals surface area contributed by atoms with Gasteiger partial charge in [-0.15, -0.1) is 10.2 Å². The van der Waals surface area contributed by atoms with Crippen LogP contribution in [0.15, 0.2) is 4.42 Å². The smallest absolute Gasteiger partial charge is 0.311 e. The first-order valence-corrected chi connectivity index (χ1v) is 6.77. The second-order valence-electron chi connectivity index (χ2n) is 5.16. The van der Waals surface area contributed by atoms with Crippen molar-refractivity contribution in [2.45, 2.75) is 58.4 Å². The molecule has 2 rings (SSSR count). The highest BCUT2D eigenvalue weighted by atomic mass is 16.4. The van der Waals surface area contributed by atoms with E-state index in [1.165, 1.54) is 6.42 Å². The summed E-state index contributed by atoms with van der Waals surface area (Å²) >= 11 is 0. The summed E-state index contributed by atoms with van der Waals surface area (Å²) < 4.78 is 5.44. The van der Waals surface area contributed by atoms with Crippen molar-refractivity contribution in [3.8, 4) is 0 Å². The molecular formula is C13H21N3O2. The van der Waals surface area contributed by atoms with Crippen molar-refractivity contribution >= 4 is 5.91 Å². The van der Waals surface area contributed by atoms with Crippen LogP contribution in [0.25, 0.3) is 0 Å². The average molecular weight is 251 g/mol. The van der Waals surface area contributed by atoms with Crippen LogP contribution in [0.4, 0.5) is 0 Å². The Labute approximate surface area is 108 Å². The number of hydrogen-bond donors (Lipinski definition) is 0. The van der Waals surface area contributed by atoms with E-state index < -0.39 is 0 Å². The summed E-state index contributed by atoms with van der Waals surface area (Å²) in [6.07, 6.45) is 4.32. The van der Waals surface area contributed by atoms with Crippen molar-refractivity contribution in [1.29, 1.82) is 0 Å². The number of likely N-dealkylation sites (tertiary alicyclic amines) is 1. The lowest BCUT2D eigenvalue weighted by Gasteiger charge is -2.34. The summed E-state index contributed by atoms with van der Waals surface area (Å²) in [7, 11) is 0. The normalized spacial score (nSPS) is 20.4. The maximum atomic E-state index is 12.3. The summed E-state index contributed by atoms with van der Waals surface area (Å²) in [5, 5.41) is 7.79. The predicted molar refractivity (Wildman–Crippen MR) is 67.4 cm³/mol. The van der Waals surface area contributed by atoms with E-state index in [-0.39, 0.29) is 17.7 Å². The molecule has 0 aliphatic carbocycles. The Balaban J connectivity index is 2.13. The second kappa shape index (κ2) is 5.50. The second-order valence-corrected chi connectivity index (χ2v) is 5.16. The minimum absolute atomic E-state index is 0.110. The fourth-order valence-corrected chi connectivity index (χ4v) is 2.37. The van der Waals surface area contributed by atoms with Crippen molar-refractivity contribution in [3.05, 3.63) is 11.8 Å². The summed E-state index contributed by atoms with van der Waals surface area (Å²) in [6.45, 7) is 6.86. The van der Waals surface area contributed by atoms with Crippen molar-refractivity contribution in [3.63, 3.8) is 0 Å². The quantitative estimate of drug-likeness (QED) is 0.828. The maximum absolute atomic E-state index is 12.3. The summed E-state index contributed by atoms with van der Waals surface area (Å²) in [5.74, 6) is 0.714. The van der Waals surface area contributed by atoms with Gasteiger partial charge < -0.3 is 9.32 Å². The van der Waals surface area contributed by atoms with Crippen molar-refractivity contribution in [1.82, 2.24) is 15.1 Å². The van der Waals surface area contributed by atoms with Gasteiger partial charge in [0, 0.05) is 18.5 Å². The van der Waals surface area contributed by atoms with Gasteiger partial charge in [0.2, 0.25) is 5.89 Å². The molecule has 1 unspecified atom stereocenters. The minimum atomic E-state index is -0.110. The van der Waals surface area contributed by atoms with Gasteiger partial charge in [-0.2, -0.15) is 0 Å². The molecule has 1 amide bonds. The van der Waals surface area contributed by atoms with Crippen molar-refractivity contribution in [2.24, 2.45) is 0 Å². The Kier molecular flexibility index (Phi) is 3.99. The molecule has 2 heterocycles. The largest absolute Gasteiger partial charge is 0.417 e. The molecule has 100 valence electrons. The third-order valence-electron chi connectivity index (χ3n) is 3.48. The fraction of sp³-hybridized carbons (Fsp3) is 0.769. The number of carbonyl (C=O) groups is 1. The number of carbonyl (C=O) groups excluding carboxylic acids is 1. The van der Waals surface area contributed by atoms with Crippen LogP contribution < -0.4 is 0 Å². The molecule has 0 saturated carbocycles. The summed E-state index contributed by atoms with van der Waals surface area (Å²) in [6, 6.07) is 0.320. The molecule has 1 fully saturated rings. The highest BCUT2D eigenvalue weighted by Gasteiger charge is 2.29. The highest BCUT2D eigenvalue weighted by Crippen LogP contribution is 2.22. The van der Waals surface area contributed by atoms with Gasteiger partial charge in [0.05, 0.1) is 0 Å². The first kappa shape index (κ1) is 13.1. The Bertz CT molecular complexity index is 414. The van der Waals surface area contributed by atoms with E-state index in [0.29, 0.717) is 11.9 Å². The average Bonchev–Trinajstić information content (AvgIpc) is 2.87. The molecule has 1 saturated heterocycles. The number of aromatic nitrogens is 2. The molecule has 1 atom stereocenters. The maximum Gasteiger partial charge on any atom is 0.311 e. The third-order valence-corrected chi connectivity index (χ3v) is 3.48. The summed E-state index contributed by atoms with van der Waals surface area (Å²) in [4.78, 5) is 14.2. The monoisotopic (exact) mass is 251 g/mol. The molecular weight excluding hydrogens is 230 g/mol. The van der Waals surface area contributed by atoms with Crippen LogP contribution in [0, 0.1) is 0 Å². The number of nitrogens with zero attached hydrogens (tertiary/aromatic N) is 3. The predicted octanol–water partition coefficient (Wildman–Crippen LogP) is 2.60. The van der Waals surface area contributed by atoms with Gasteiger partial charge in [0.15, 0.2) is 0 Å². The molecule has 0 N–H and O–H groups in total. The fourth-order valence-electron chi connectivity index (χ4n) is 2.37. The Morgan fingerprint density at radius 1 is 1.44 bits per heavy atom. The molecule has 1 aliphatic heterocycles. The van der Waals surface area contributed by atoms with Gasteiger partial charge in [-0.05, 0) is 25.7 Å². The van der Waals surface area contributed by atoms with Crippen LogP contribution in [0.3, 0.4) is 0 Å². The van der Waals surface area contributed by atoms with E-state index in [0.717, 1.165) is 25.8 Å². The van der Waals surface area contributed by atoms with Crippen molar-refractivity contribution < 1.29 is 9.21 Å². The van der Waals surface area contributed by atoms with Gasteiger partial charge in [-0.25, -0.2) is 0 Å². The zero-order valence-corrected chi connectivity index (χ0v) is 11.3. The van der Waals surface area contributed by atoms with Crippen LogP contribution in [-0.4, -0.2) is 33.6 Å². The molecule has 1 aromatic heterocycles. The molecule has 5 heteroatoms. The lowest BCUT2D eigenvalue weighted by molar-refractivity contribution is 0.0565. The van der Waals surface area contributed by atoms with Crippen LogP contribution in [0.1, 0.15) is 68.9 Å². The van der Waals surface area contributed by atoms with E-state index in [4.69, 9.17) is 4.42 Å². The SMILES string of the molecule is CCC1CCCCN1C(=O)c1nnc(C(C)C)o1. The summed E-state index contributed by atoms with van der Waals surface area (Å²) in [5.41, 5.74) is 0. The van der Waals surface area contributed by atoms with Crippen LogP contribution in [-0.2, 0) is 0 Å². The van der Waals surface area contributed by atoms with Crippen LogP contribution >= 0.6 is 0 Å². The minimum Gasteiger partial charge on any atom is -0.417 e. The van der Waals surface area contributed by atoms with Gasteiger partial charge in [-0.1, -0.05) is 20.8 Å². The van der Waals surface area contributed by atoms with Gasteiger partial charge in [-0.3, -0.25) is 4.79 Å². The van der Waals surface area contributed by atoms with Gasteiger partial charge in [0.1, 0.15) is 0 Å². The van der Waals surface area contributed by atoms with Crippen LogP contribution in [0.5, 0.6) is 0 Å². The lowest BCUT2D eigenvalue weighted by atomic mass is 10.00. The van der Waals surface area contributed by atoms with E-state index >= 15 is 0 Å². The van der Waals surface area contributed by atoms with Crippen molar-refractivity contribution in [2.75, 3.05) is 6.54 Å². The topological polar surface area (TPSA) is 59.2 Å². The zero-order valence-electron chi connectivity index (χ0n) is 11.3. The molecule has 0 spiro atoms. The number of hydrogen-bond acceptors (Lipinski definition) is 4. The van der Waals surface area contributed by atoms with Crippen LogP contribution in [0.2, 0.25) is 0 Å². The van der Waals surface area contributed by atoms with Gasteiger partial charge >= 0.3 is 11.8 Å². The molecule has 0 aromatic carbocycles. The number of rotatable bonds is 3. The first-order chi connectivity index (χ1) is 8.63. The molecule has 0 radical (unpaired) electrons. The Morgan fingerprint density at radius 3 is 2.83 bits per heavy atom. The first-order valence-electron chi connectivity index (χ1n) is 6.77. The standard InChI is InChI=1S/C13H21N3O2/c1-4-10-7-5-6-8-16(10)13(17)12-15-14-11(18-12)9(2)3/h9-10H,4-8H2,1-3H3. The van der Waals surface area contributed by atoms with E-state index in [1.807, 2.05) is 18.7 Å². The Morgan fingerprint density at radius 2 is 2.22 bits per heavy atom. The Hall–Kier alpha value is -1.39. The number of amides is 1. The third kappa shape index (κ3) is 2.54. The molecule has 1 aromatic rings.